The molecular formula is C15H23NO3. The molecule has 0 saturated heterocycles. The van der Waals surface area contributed by atoms with Gasteiger partial charge in [0, 0.05) is 7.11 Å². The van der Waals surface area contributed by atoms with Crippen LogP contribution in [0.3, 0.4) is 0 Å². The zero-order valence-electron chi connectivity index (χ0n) is 12.2. The summed E-state index contributed by atoms with van der Waals surface area (Å²) in [7, 11) is 1.56. The highest BCUT2D eigenvalue weighted by Crippen LogP contribution is 2.28. The Morgan fingerprint density at radius 2 is 2.11 bits per heavy atom. The van der Waals surface area contributed by atoms with Gasteiger partial charge in [-0.25, -0.2) is 0 Å². The lowest BCUT2D eigenvalue weighted by atomic mass is 9.99. The van der Waals surface area contributed by atoms with Crippen molar-refractivity contribution in [1.29, 1.82) is 0 Å². The number of carbonyl (C=O) groups excluding carboxylic acids is 1. The Balaban J connectivity index is 3.15. The molecule has 0 aliphatic heterocycles. The SMILES string of the molecule is CCCCc1ccc(C(N)=O)c(OC(C)OC)c1C. The number of amides is 1. The predicted molar refractivity (Wildman–Crippen MR) is 75.4 cm³/mol. The first-order valence-electron chi connectivity index (χ1n) is 6.63. The van der Waals surface area contributed by atoms with Crippen LogP contribution in [0.15, 0.2) is 12.1 Å². The van der Waals surface area contributed by atoms with Gasteiger partial charge in [0.05, 0.1) is 5.56 Å². The minimum atomic E-state index is -0.483. The molecule has 0 radical (unpaired) electrons. The van der Waals surface area contributed by atoms with E-state index >= 15 is 0 Å². The molecule has 1 rings (SSSR count). The highest BCUT2D eigenvalue weighted by atomic mass is 16.7. The molecule has 0 aliphatic rings. The highest BCUT2D eigenvalue weighted by molar-refractivity contribution is 5.96. The van der Waals surface area contributed by atoms with E-state index in [0.29, 0.717) is 11.3 Å². The standard InChI is InChI=1S/C15H23NO3/c1-5-6-7-12-8-9-13(15(16)17)14(10(12)2)19-11(3)18-4/h8-9,11H,5-7H2,1-4H3,(H2,16,17). The second kappa shape index (κ2) is 7.14. The fourth-order valence-electron chi connectivity index (χ4n) is 1.93. The van der Waals surface area contributed by atoms with Crippen LogP contribution < -0.4 is 10.5 Å². The lowest BCUT2D eigenvalue weighted by molar-refractivity contribution is -0.0390. The first-order chi connectivity index (χ1) is 9.01. The van der Waals surface area contributed by atoms with Gasteiger partial charge in [0.15, 0.2) is 6.29 Å². The molecule has 1 aromatic carbocycles. The van der Waals surface area contributed by atoms with Gasteiger partial charge in [0.1, 0.15) is 5.75 Å². The van der Waals surface area contributed by atoms with Crippen LogP contribution in [0.5, 0.6) is 5.75 Å². The molecule has 0 aliphatic carbocycles. The van der Waals surface area contributed by atoms with E-state index in [0.717, 1.165) is 24.8 Å². The van der Waals surface area contributed by atoms with Gasteiger partial charge in [-0.2, -0.15) is 0 Å². The molecule has 1 unspecified atom stereocenters. The van der Waals surface area contributed by atoms with Gasteiger partial charge < -0.3 is 15.2 Å². The van der Waals surface area contributed by atoms with Crippen molar-refractivity contribution in [3.63, 3.8) is 0 Å². The van der Waals surface area contributed by atoms with Crippen molar-refractivity contribution in [3.05, 3.63) is 28.8 Å². The number of hydrogen-bond acceptors (Lipinski definition) is 3. The number of ether oxygens (including phenoxy) is 2. The second-order valence-electron chi connectivity index (χ2n) is 4.62. The third kappa shape index (κ3) is 3.96. The van der Waals surface area contributed by atoms with Gasteiger partial charge in [0.25, 0.3) is 5.91 Å². The van der Waals surface area contributed by atoms with Gasteiger partial charge in [-0.3, -0.25) is 4.79 Å². The van der Waals surface area contributed by atoms with Crippen LogP contribution in [0, 0.1) is 6.92 Å². The van der Waals surface area contributed by atoms with Crippen molar-refractivity contribution in [1.82, 2.24) is 0 Å². The summed E-state index contributed by atoms with van der Waals surface area (Å²) in [6.45, 7) is 5.88. The third-order valence-electron chi connectivity index (χ3n) is 3.20. The minimum absolute atomic E-state index is 0.404. The normalized spacial score (nSPS) is 12.2. The number of carbonyl (C=O) groups is 1. The first kappa shape index (κ1) is 15.5. The lowest BCUT2D eigenvalue weighted by Gasteiger charge is -2.19. The number of primary amides is 1. The molecule has 4 nitrogen and oxygen atoms in total. The molecule has 106 valence electrons. The fraction of sp³-hybridized carbons (Fsp3) is 0.533. The van der Waals surface area contributed by atoms with E-state index in [1.165, 1.54) is 5.56 Å². The number of nitrogens with two attached hydrogens (primary N) is 1. The molecule has 0 fully saturated rings. The summed E-state index contributed by atoms with van der Waals surface area (Å²) in [5, 5.41) is 0. The number of benzene rings is 1. The van der Waals surface area contributed by atoms with Crippen LogP contribution in [-0.4, -0.2) is 19.3 Å². The molecule has 0 bridgehead atoms. The summed E-state index contributed by atoms with van der Waals surface area (Å²) in [6, 6.07) is 3.69. The van der Waals surface area contributed by atoms with E-state index in [1.54, 1.807) is 20.1 Å². The van der Waals surface area contributed by atoms with Crippen LogP contribution in [0.1, 0.15) is 48.2 Å². The van der Waals surface area contributed by atoms with Gasteiger partial charge >= 0.3 is 0 Å². The molecule has 19 heavy (non-hydrogen) atoms. The third-order valence-corrected chi connectivity index (χ3v) is 3.20. The Hall–Kier alpha value is -1.55. The summed E-state index contributed by atoms with van der Waals surface area (Å²) >= 11 is 0. The molecule has 4 heteroatoms. The molecule has 1 atom stereocenters. The van der Waals surface area contributed by atoms with E-state index in [1.807, 2.05) is 13.0 Å². The number of hydrogen-bond donors (Lipinski definition) is 1. The van der Waals surface area contributed by atoms with Crippen LogP contribution >= 0.6 is 0 Å². The Labute approximate surface area is 114 Å². The number of unbranched alkanes of at least 4 members (excludes halogenated alkanes) is 1. The number of aryl methyl sites for hydroxylation is 1. The van der Waals surface area contributed by atoms with Gasteiger partial charge in [-0.1, -0.05) is 19.4 Å². The summed E-state index contributed by atoms with van der Waals surface area (Å²) in [5.41, 5.74) is 7.95. The van der Waals surface area contributed by atoms with Crippen molar-refractivity contribution in [2.45, 2.75) is 46.3 Å². The van der Waals surface area contributed by atoms with Gasteiger partial charge in [-0.05, 0) is 43.9 Å². The predicted octanol–water partition coefficient (Wildman–Crippen LogP) is 2.81. The average Bonchev–Trinajstić information content (AvgIpc) is 2.39. The Bertz CT molecular complexity index is 443. The number of methoxy groups -OCH3 is 1. The van der Waals surface area contributed by atoms with Gasteiger partial charge in [0.2, 0.25) is 0 Å². The molecular weight excluding hydrogens is 242 g/mol. The maximum atomic E-state index is 11.5. The molecule has 1 aromatic rings. The average molecular weight is 265 g/mol. The summed E-state index contributed by atoms with van der Waals surface area (Å²) in [4.78, 5) is 11.5. The van der Waals surface area contributed by atoms with Gasteiger partial charge in [-0.15, -0.1) is 0 Å². The maximum absolute atomic E-state index is 11.5. The summed E-state index contributed by atoms with van der Waals surface area (Å²) in [6.07, 6.45) is 2.79. The van der Waals surface area contributed by atoms with Crippen molar-refractivity contribution in [3.8, 4) is 5.75 Å². The zero-order chi connectivity index (χ0) is 14.4. The fourth-order valence-corrected chi connectivity index (χ4v) is 1.93. The molecule has 0 spiro atoms. The lowest BCUT2D eigenvalue weighted by Crippen LogP contribution is -2.20. The van der Waals surface area contributed by atoms with Crippen molar-refractivity contribution in [2.75, 3.05) is 7.11 Å². The molecule has 0 aromatic heterocycles. The van der Waals surface area contributed by atoms with E-state index in [9.17, 15) is 4.79 Å². The minimum Gasteiger partial charge on any atom is -0.464 e. The van der Waals surface area contributed by atoms with Crippen molar-refractivity contribution < 1.29 is 14.3 Å². The molecule has 0 saturated carbocycles. The Morgan fingerprint density at radius 1 is 1.42 bits per heavy atom. The summed E-state index contributed by atoms with van der Waals surface area (Å²) < 4.78 is 10.8. The van der Waals surface area contributed by atoms with Crippen LogP contribution in [0.2, 0.25) is 0 Å². The molecule has 1 amide bonds. The Morgan fingerprint density at radius 3 is 2.63 bits per heavy atom. The van der Waals surface area contributed by atoms with E-state index in [-0.39, 0.29) is 0 Å². The monoisotopic (exact) mass is 265 g/mol. The topological polar surface area (TPSA) is 61.6 Å². The van der Waals surface area contributed by atoms with Crippen LogP contribution in [0.4, 0.5) is 0 Å². The first-order valence-corrected chi connectivity index (χ1v) is 6.63. The van der Waals surface area contributed by atoms with E-state index in [2.05, 4.69) is 6.92 Å². The van der Waals surface area contributed by atoms with Crippen molar-refractivity contribution >= 4 is 5.91 Å². The largest absolute Gasteiger partial charge is 0.464 e. The van der Waals surface area contributed by atoms with E-state index < -0.39 is 12.2 Å². The molecule has 0 heterocycles. The second-order valence-corrected chi connectivity index (χ2v) is 4.62. The Kier molecular flexibility index (Phi) is 5.83. The quantitative estimate of drug-likeness (QED) is 0.771. The highest BCUT2D eigenvalue weighted by Gasteiger charge is 2.17. The van der Waals surface area contributed by atoms with Crippen LogP contribution in [0.25, 0.3) is 0 Å². The smallest absolute Gasteiger partial charge is 0.252 e. The number of rotatable bonds is 7. The van der Waals surface area contributed by atoms with Crippen molar-refractivity contribution in [2.24, 2.45) is 5.73 Å². The van der Waals surface area contributed by atoms with E-state index in [4.69, 9.17) is 15.2 Å². The summed E-state index contributed by atoms with van der Waals surface area (Å²) in [5.74, 6) is 0.0545. The maximum Gasteiger partial charge on any atom is 0.252 e. The zero-order valence-corrected chi connectivity index (χ0v) is 12.2. The molecule has 2 N–H and O–H groups in total. The van der Waals surface area contributed by atoms with Crippen LogP contribution in [-0.2, 0) is 11.2 Å².